The third-order valence-electron chi connectivity index (χ3n) is 24.5. The van der Waals surface area contributed by atoms with Crippen molar-refractivity contribution in [2.45, 2.75) is 358 Å². The van der Waals surface area contributed by atoms with Gasteiger partial charge in [-0.3, -0.25) is 19.3 Å². The first kappa shape index (κ1) is 91.8. The van der Waals surface area contributed by atoms with Crippen LogP contribution in [0.25, 0.3) is 0 Å². The topological polar surface area (TPSA) is 392 Å². The molecule has 4 unspecified atom stereocenters. The summed E-state index contributed by atoms with van der Waals surface area (Å²) in [7, 11) is 8.40. The molecule has 106 heavy (non-hydrogen) atoms. The molecule has 36 atom stereocenters. The Kier molecular flexibility index (Phi) is 32.3. The smallest absolute Gasteiger partial charge is 0.311 e. The minimum Gasteiger partial charge on any atom is -0.459 e. The van der Waals surface area contributed by atoms with Gasteiger partial charge in [-0.25, -0.2) is 0 Å². The average molecular weight is 1520 g/mol. The summed E-state index contributed by atoms with van der Waals surface area (Å²) in [6, 6.07) is -1.05. The van der Waals surface area contributed by atoms with Crippen molar-refractivity contribution < 1.29 is 127 Å². The summed E-state index contributed by atoms with van der Waals surface area (Å²) in [4.78, 5) is 53.5. The molecule has 0 spiro atoms. The van der Waals surface area contributed by atoms with Crippen LogP contribution < -0.4 is 0 Å². The van der Waals surface area contributed by atoms with Gasteiger partial charge in [-0.05, 0) is 149 Å². The van der Waals surface area contributed by atoms with Crippen molar-refractivity contribution in [1.29, 1.82) is 0 Å². The molecule has 0 amide bonds. The third-order valence-corrected chi connectivity index (χ3v) is 24.5. The summed E-state index contributed by atoms with van der Waals surface area (Å²) in [6.45, 7) is 32.8. The van der Waals surface area contributed by atoms with Crippen molar-refractivity contribution >= 4 is 23.4 Å². The van der Waals surface area contributed by atoms with Crippen LogP contribution in [-0.4, -0.2) is 301 Å². The van der Waals surface area contributed by atoms with E-state index < -0.39 is 227 Å². The second kappa shape index (κ2) is 37.3. The molecule has 6 heterocycles. The van der Waals surface area contributed by atoms with Crippen molar-refractivity contribution in [1.82, 2.24) is 9.80 Å². The van der Waals surface area contributed by atoms with Crippen molar-refractivity contribution in [3.8, 4) is 0 Å². The van der Waals surface area contributed by atoms with Gasteiger partial charge in [-0.15, -0.1) is 0 Å². The Labute approximate surface area is 629 Å². The SMILES string of the molecule is CC[C@H]1OC(=O)[C@H](C)[C@@H](OC2C[C@@](C)(OC)[C@@H](O)[C@H](C)O2)[C@H](C)[C@@H](OC2O[C@H](C)C[C@H](N(C)C/C=C/CO/N=C3\[C@H](C)C[C@@](C)(O)[C@H](OC4O[C@H](C)C[C@H](N(C)C)[C@H]4O)[C@@H](C)[C@H](OC4C[C@@](C)(OC)[C@@H](O)[C@H](C)O4)[C@@H](C)C(=O)O[C@H](CC)[C@@](C)(O)[C@H](O)[C@H]3C)[C@H]2O)[C@](C)(O)C[C@@H](C)C(=O)[C@H](C)[C@@H](O)[C@]1(C)O. The maximum absolute atomic E-state index is 14.8. The Morgan fingerprint density at radius 3 is 1.31 bits per heavy atom. The van der Waals surface area contributed by atoms with Crippen molar-refractivity contribution in [2.24, 2.45) is 52.5 Å². The van der Waals surface area contributed by atoms with Crippen molar-refractivity contribution in [3.05, 3.63) is 12.2 Å². The molecule has 0 aromatic rings. The fraction of sp³-hybridized carbons (Fsp3) is 0.922. The standard InChI is InChI=1S/C77H137N3O26/c1-26-52-76(19,92)62(84)42(7)56(38(3)34-72(15,90)66(105-70-58(82)50(79(21)22)32-40(5)97-70)44(9)60(46(11)68(88)101-52)103-54-36-74(17,94-24)64(86)48(13)99-54)78-96-31-29-28-30-80(23)51-33-41(6)98-71(59(51)83)106-67-45(10)61(104-55-37-75(18,95-25)65(87)49(14)100-55)47(12)69(89)102-53(27-2)77(20,93)63(85)43(8)57(81)39(4)35-73(67,16)91/h28-29,38-55,58-67,70-71,82-87,90-93H,26-27,30-37H2,1-25H3/b29-28+,78-56+/t38-,39-,40-,41-,42+,43+,44+,45+,46-,47-,48+,49+,50+,51+,52-,53-,54?,55?,58-,59-,60+,61+,62-,63-,64+,65+,66-,67-,70?,71?,72-,73-,74-,75-,76-,77-/m1/s1. The zero-order chi connectivity index (χ0) is 80.2. The van der Waals surface area contributed by atoms with Crippen LogP contribution in [0.3, 0.4) is 0 Å². The maximum atomic E-state index is 14.8. The number of aliphatic hydroxyl groups is 10. The summed E-state index contributed by atoms with van der Waals surface area (Å²) >= 11 is 0. The summed E-state index contributed by atoms with van der Waals surface area (Å²) in [5.41, 5.74) is -10.1. The molecule has 6 rings (SSSR count). The number of rotatable bonds is 19. The van der Waals surface area contributed by atoms with Crippen LogP contribution in [0.1, 0.15) is 190 Å². The fourth-order valence-electron chi connectivity index (χ4n) is 17.5. The molecule has 6 fully saturated rings. The van der Waals surface area contributed by atoms with E-state index in [9.17, 15) is 65.4 Å². The van der Waals surface area contributed by atoms with E-state index in [0.717, 1.165) is 0 Å². The Hall–Kier alpha value is -3.06. The lowest BCUT2D eigenvalue weighted by atomic mass is 9.73. The lowest BCUT2D eigenvalue weighted by molar-refractivity contribution is -0.318. The summed E-state index contributed by atoms with van der Waals surface area (Å²) in [5, 5.41) is 126. The van der Waals surface area contributed by atoms with E-state index in [0.29, 0.717) is 12.8 Å². The van der Waals surface area contributed by atoms with Gasteiger partial charge in [0, 0.05) is 81.2 Å². The molecule has 0 saturated carbocycles. The maximum Gasteiger partial charge on any atom is 0.311 e. The van der Waals surface area contributed by atoms with Gasteiger partial charge >= 0.3 is 11.9 Å². The molecule has 10 N–H and O–H groups in total. The van der Waals surface area contributed by atoms with E-state index in [-0.39, 0.29) is 63.5 Å². The quantitative estimate of drug-likeness (QED) is 0.0373. The largest absolute Gasteiger partial charge is 0.459 e. The highest BCUT2D eigenvalue weighted by Crippen LogP contribution is 2.45. The molecule has 0 aromatic carbocycles. The number of esters is 2. The van der Waals surface area contributed by atoms with Gasteiger partial charge in [0.05, 0.1) is 101 Å². The number of ketones is 1. The predicted octanol–water partition coefficient (Wildman–Crippen LogP) is 4.31. The Bertz CT molecular complexity index is 2870. The number of aliphatic hydroxyl groups excluding tert-OH is 6. The number of oxime groups is 1. The molecule has 616 valence electrons. The molecule has 6 aliphatic rings. The minimum atomic E-state index is -2.10. The van der Waals surface area contributed by atoms with Crippen LogP contribution >= 0.6 is 0 Å². The molecule has 0 radical (unpaired) electrons. The van der Waals surface area contributed by atoms with Gasteiger partial charge < -0.3 is 118 Å². The van der Waals surface area contributed by atoms with E-state index in [1.165, 1.54) is 41.9 Å². The first-order chi connectivity index (χ1) is 49.0. The van der Waals surface area contributed by atoms with E-state index in [4.69, 9.17) is 61.7 Å². The van der Waals surface area contributed by atoms with E-state index in [1.54, 1.807) is 116 Å². The molecular formula is C77H137N3O26. The normalized spacial score (nSPS) is 48.9. The molecule has 0 bridgehead atoms. The number of ether oxygens (including phenoxy) is 12. The Morgan fingerprint density at radius 2 is 0.906 bits per heavy atom. The highest BCUT2D eigenvalue weighted by atomic mass is 16.7. The van der Waals surface area contributed by atoms with Crippen LogP contribution in [0, 0.1) is 47.3 Å². The van der Waals surface area contributed by atoms with Gasteiger partial charge in [0.1, 0.15) is 60.2 Å². The Morgan fingerprint density at radius 1 is 0.509 bits per heavy atom. The average Bonchev–Trinajstić information content (AvgIpc) is 0.776. The van der Waals surface area contributed by atoms with Crippen molar-refractivity contribution in [3.63, 3.8) is 0 Å². The molecule has 0 aromatic heterocycles. The number of hydrogen-bond donors (Lipinski definition) is 10. The Balaban J connectivity index is 1.31. The molecule has 6 aliphatic heterocycles. The highest BCUT2D eigenvalue weighted by molar-refractivity contribution is 5.89. The number of carbonyl (C=O) groups is 3. The van der Waals surface area contributed by atoms with E-state index in [1.807, 2.05) is 37.7 Å². The first-order valence-corrected chi connectivity index (χ1v) is 38.5. The third kappa shape index (κ3) is 20.8. The number of methoxy groups -OCH3 is 2. The summed E-state index contributed by atoms with van der Waals surface area (Å²) in [5.74, 6) is -10.3. The van der Waals surface area contributed by atoms with Crippen LogP contribution in [0.5, 0.6) is 0 Å². The number of likely N-dealkylation sites (N-methyl/N-ethyl adjacent to an activating group) is 2. The fourth-order valence-corrected chi connectivity index (χ4v) is 17.5. The summed E-state index contributed by atoms with van der Waals surface area (Å²) < 4.78 is 76.5. The number of cyclic esters (lactones) is 2. The van der Waals surface area contributed by atoms with Gasteiger partial charge in [0.15, 0.2) is 25.2 Å². The van der Waals surface area contributed by atoms with Gasteiger partial charge in [0.2, 0.25) is 0 Å². The zero-order valence-corrected chi connectivity index (χ0v) is 67.9. The van der Waals surface area contributed by atoms with Crippen LogP contribution in [-0.2, 0) is 76.1 Å². The van der Waals surface area contributed by atoms with Crippen LogP contribution in [0.4, 0.5) is 0 Å². The lowest BCUT2D eigenvalue weighted by Gasteiger charge is -2.49. The predicted molar refractivity (Wildman–Crippen MR) is 389 cm³/mol. The molecule has 29 heteroatoms. The monoisotopic (exact) mass is 1520 g/mol. The van der Waals surface area contributed by atoms with E-state index >= 15 is 0 Å². The van der Waals surface area contributed by atoms with Crippen LogP contribution in [0.15, 0.2) is 17.3 Å². The molecule has 29 nitrogen and oxygen atoms in total. The first-order valence-electron chi connectivity index (χ1n) is 38.5. The highest BCUT2D eigenvalue weighted by Gasteiger charge is 2.57. The summed E-state index contributed by atoms with van der Waals surface area (Å²) in [6.07, 6.45) is -19.0. The van der Waals surface area contributed by atoms with E-state index in [2.05, 4.69) is 5.16 Å². The molecule has 0 aliphatic carbocycles. The number of nitrogens with zero attached hydrogens (tertiary/aromatic N) is 3. The van der Waals surface area contributed by atoms with Gasteiger partial charge in [-0.1, -0.05) is 66.6 Å². The van der Waals surface area contributed by atoms with Crippen molar-refractivity contribution in [2.75, 3.05) is 48.5 Å². The number of carbonyl (C=O) groups excluding carboxylic acids is 3. The molecule has 6 saturated heterocycles. The zero-order valence-electron chi connectivity index (χ0n) is 67.9. The second-order valence-corrected chi connectivity index (χ2v) is 33.8. The second-order valence-electron chi connectivity index (χ2n) is 33.8. The molecular weight excluding hydrogens is 1380 g/mol. The minimum absolute atomic E-state index is 0.00400. The van der Waals surface area contributed by atoms with Gasteiger partial charge in [-0.2, -0.15) is 0 Å². The number of hydrogen-bond acceptors (Lipinski definition) is 29. The van der Waals surface area contributed by atoms with Crippen LogP contribution in [0.2, 0.25) is 0 Å². The number of Topliss-reactive ketones (excluding diaryl/α,β-unsaturated/α-hetero) is 1. The lowest BCUT2D eigenvalue weighted by Crippen LogP contribution is -2.61. The van der Waals surface area contributed by atoms with Gasteiger partial charge in [0.25, 0.3) is 0 Å².